The van der Waals surface area contributed by atoms with Gasteiger partial charge in [0.1, 0.15) is 5.82 Å². The predicted octanol–water partition coefficient (Wildman–Crippen LogP) is 4.97. The summed E-state index contributed by atoms with van der Waals surface area (Å²) in [7, 11) is 1.99. The van der Waals surface area contributed by atoms with Crippen LogP contribution < -0.4 is 5.32 Å². The first kappa shape index (κ1) is 15.8. The zero-order valence-corrected chi connectivity index (χ0v) is 13.1. The van der Waals surface area contributed by atoms with Crippen LogP contribution in [0.25, 0.3) is 0 Å². The molecule has 1 saturated carbocycles. The fourth-order valence-electron chi connectivity index (χ4n) is 3.34. The summed E-state index contributed by atoms with van der Waals surface area (Å²) in [5, 5.41) is 3.64. The summed E-state index contributed by atoms with van der Waals surface area (Å²) >= 11 is 5.88. The molecule has 1 unspecified atom stereocenters. The van der Waals surface area contributed by atoms with E-state index in [1.54, 1.807) is 6.07 Å². The van der Waals surface area contributed by atoms with E-state index in [0.29, 0.717) is 12.0 Å². The van der Waals surface area contributed by atoms with E-state index in [1.165, 1.54) is 44.9 Å². The molecule has 1 aromatic rings. The molecule has 1 nitrogen and oxygen atoms in total. The largest absolute Gasteiger partial charge is 0.316 e. The molecule has 0 aliphatic heterocycles. The average Bonchev–Trinajstić information content (AvgIpc) is 2.41. The minimum absolute atomic E-state index is 0.231. The number of benzene rings is 1. The first-order chi connectivity index (χ1) is 9.72. The summed E-state index contributed by atoms with van der Waals surface area (Å²) in [5.74, 6) is 0.402. The molecule has 0 bridgehead atoms. The number of hydrogen-bond acceptors (Lipinski definition) is 1. The van der Waals surface area contributed by atoms with Gasteiger partial charge in [0.2, 0.25) is 0 Å². The zero-order chi connectivity index (χ0) is 14.4. The second-order valence-electron chi connectivity index (χ2n) is 5.92. The SMILES string of the molecule is CNC(Cc1cccc(Cl)c1F)C1CCCCCCC1. The van der Waals surface area contributed by atoms with Crippen molar-refractivity contribution >= 4 is 11.6 Å². The molecule has 0 saturated heterocycles. The third-order valence-electron chi connectivity index (χ3n) is 4.56. The third-order valence-corrected chi connectivity index (χ3v) is 4.85. The molecule has 0 radical (unpaired) electrons. The summed E-state index contributed by atoms with van der Waals surface area (Å²) in [6.45, 7) is 0. The van der Waals surface area contributed by atoms with Crippen LogP contribution in [0, 0.1) is 11.7 Å². The second-order valence-corrected chi connectivity index (χ2v) is 6.32. The van der Waals surface area contributed by atoms with Crippen molar-refractivity contribution in [1.82, 2.24) is 5.32 Å². The zero-order valence-electron chi connectivity index (χ0n) is 12.3. The van der Waals surface area contributed by atoms with E-state index in [9.17, 15) is 4.39 Å². The van der Waals surface area contributed by atoms with Crippen molar-refractivity contribution in [3.63, 3.8) is 0 Å². The van der Waals surface area contributed by atoms with E-state index in [1.807, 2.05) is 19.2 Å². The molecule has 1 atom stereocenters. The summed E-state index contributed by atoms with van der Waals surface area (Å²) < 4.78 is 14.1. The molecule has 1 N–H and O–H groups in total. The van der Waals surface area contributed by atoms with Gasteiger partial charge in [-0.05, 0) is 43.9 Å². The standard InChI is InChI=1S/C17H25ClFN/c1-20-16(13-8-5-3-2-4-6-9-13)12-14-10-7-11-15(18)17(14)19/h7,10-11,13,16,20H,2-6,8-9,12H2,1H3. The van der Waals surface area contributed by atoms with Crippen LogP contribution >= 0.6 is 11.6 Å². The Morgan fingerprint density at radius 2 is 1.85 bits per heavy atom. The average molecular weight is 298 g/mol. The van der Waals surface area contributed by atoms with Crippen LogP contribution in [0.1, 0.15) is 50.5 Å². The number of nitrogens with one attached hydrogen (secondary N) is 1. The Labute approximate surface area is 126 Å². The molecule has 1 fully saturated rings. The van der Waals surface area contributed by atoms with Crippen molar-refractivity contribution in [2.45, 2.75) is 57.4 Å². The van der Waals surface area contributed by atoms with Gasteiger partial charge in [-0.1, -0.05) is 55.8 Å². The quantitative estimate of drug-likeness (QED) is 0.827. The number of likely N-dealkylation sites (N-methyl/N-ethyl adjacent to an activating group) is 1. The molecule has 0 aromatic heterocycles. The van der Waals surface area contributed by atoms with Gasteiger partial charge in [-0.15, -0.1) is 0 Å². The third kappa shape index (κ3) is 4.20. The smallest absolute Gasteiger partial charge is 0.145 e. The van der Waals surface area contributed by atoms with Crippen LogP contribution in [0.15, 0.2) is 18.2 Å². The van der Waals surface area contributed by atoms with Crippen LogP contribution in [0.2, 0.25) is 5.02 Å². The first-order valence-electron chi connectivity index (χ1n) is 7.82. The normalized spacial score (nSPS) is 19.4. The number of halogens is 2. The molecule has 0 amide bonds. The van der Waals surface area contributed by atoms with Crippen molar-refractivity contribution < 1.29 is 4.39 Å². The first-order valence-corrected chi connectivity index (χ1v) is 8.20. The van der Waals surface area contributed by atoms with E-state index in [4.69, 9.17) is 11.6 Å². The Kier molecular flexibility index (Phi) is 6.31. The summed E-state index contributed by atoms with van der Waals surface area (Å²) in [4.78, 5) is 0. The Balaban J connectivity index is 2.05. The van der Waals surface area contributed by atoms with Crippen LogP contribution in [-0.4, -0.2) is 13.1 Å². The van der Waals surface area contributed by atoms with Crippen molar-refractivity contribution in [2.75, 3.05) is 7.05 Å². The van der Waals surface area contributed by atoms with E-state index in [2.05, 4.69) is 5.32 Å². The van der Waals surface area contributed by atoms with Crippen molar-refractivity contribution in [2.24, 2.45) is 5.92 Å². The molecule has 0 spiro atoms. The highest BCUT2D eigenvalue weighted by molar-refractivity contribution is 6.30. The Hall–Kier alpha value is -0.600. The van der Waals surface area contributed by atoms with Gasteiger partial charge in [-0.25, -0.2) is 4.39 Å². The van der Waals surface area contributed by atoms with Crippen LogP contribution in [0.3, 0.4) is 0 Å². The van der Waals surface area contributed by atoms with Crippen LogP contribution in [0.4, 0.5) is 4.39 Å². The van der Waals surface area contributed by atoms with E-state index in [0.717, 1.165) is 12.0 Å². The topological polar surface area (TPSA) is 12.0 Å². The second kappa shape index (κ2) is 7.99. The molecular weight excluding hydrogens is 273 g/mol. The molecule has 2 rings (SSSR count). The molecular formula is C17H25ClFN. The molecule has 20 heavy (non-hydrogen) atoms. The molecule has 1 aromatic carbocycles. The lowest BCUT2D eigenvalue weighted by Crippen LogP contribution is -2.36. The van der Waals surface area contributed by atoms with E-state index in [-0.39, 0.29) is 10.8 Å². The minimum Gasteiger partial charge on any atom is -0.316 e. The predicted molar refractivity (Wildman–Crippen MR) is 83.8 cm³/mol. The maximum Gasteiger partial charge on any atom is 0.145 e. The number of rotatable bonds is 4. The van der Waals surface area contributed by atoms with Gasteiger partial charge in [0.15, 0.2) is 0 Å². The Morgan fingerprint density at radius 3 is 2.50 bits per heavy atom. The maximum atomic E-state index is 14.1. The van der Waals surface area contributed by atoms with Gasteiger partial charge >= 0.3 is 0 Å². The van der Waals surface area contributed by atoms with Gasteiger partial charge in [-0.2, -0.15) is 0 Å². The fourth-order valence-corrected chi connectivity index (χ4v) is 3.53. The van der Waals surface area contributed by atoms with Crippen molar-refractivity contribution in [3.05, 3.63) is 34.6 Å². The van der Waals surface area contributed by atoms with E-state index < -0.39 is 0 Å². The van der Waals surface area contributed by atoms with E-state index >= 15 is 0 Å². The minimum atomic E-state index is -0.250. The van der Waals surface area contributed by atoms with Gasteiger partial charge in [0, 0.05) is 6.04 Å². The molecule has 3 heteroatoms. The summed E-state index contributed by atoms with van der Waals surface area (Å²) in [6.07, 6.45) is 9.92. The molecule has 0 heterocycles. The van der Waals surface area contributed by atoms with Gasteiger partial charge in [-0.3, -0.25) is 0 Å². The summed E-state index contributed by atoms with van der Waals surface area (Å²) in [5.41, 5.74) is 0.735. The van der Waals surface area contributed by atoms with Crippen LogP contribution in [0.5, 0.6) is 0 Å². The highest BCUT2D eigenvalue weighted by atomic mass is 35.5. The van der Waals surface area contributed by atoms with Crippen molar-refractivity contribution in [1.29, 1.82) is 0 Å². The Bertz CT molecular complexity index is 413. The molecule has 1 aliphatic carbocycles. The van der Waals surface area contributed by atoms with Gasteiger partial charge < -0.3 is 5.32 Å². The van der Waals surface area contributed by atoms with Gasteiger partial charge in [0.05, 0.1) is 5.02 Å². The van der Waals surface area contributed by atoms with Crippen molar-refractivity contribution in [3.8, 4) is 0 Å². The lowest BCUT2D eigenvalue weighted by atomic mass is 9.83. The lowest BCUT2D eigenvalue weighted by molar-refractivity contribution is 0.292. The monoisotopic (exact) mass is 297 g/mol. The van der Waals surface area contributed by atoms with Crippen LogP contribution in [-0.2, 0) is 6.42 Å². The highest BCUT2D eigenvalue weighted by Crippen LogP contribution is 2.28. The molecule has 112 valence electrons. The van der Waals surface area contributed by atoms with Gasteiger partial charge in [0.25, 0.3) is 0 Å². The molecule has 1 aliphatic rings. The highest BCUT2D eigenvalue weighted by Gasteiger charge is 2.22. The number of hydrogen-bond donors (Lipinski definition) is 1. The summed E-state index contributed by atoms with van der Waals surface area (Å²) in [6, 6.07) is 5.66. The lowest BCUT2D eigenvalue weighted by Gasteiger charge is -2.29. The fraction of sp³-hybridized carbons (Fsp3) is 0.647. The maximum absolute atomic E-state index is 14.1. The Morgan fingerprint density at radius 1 is 1.20 bits per heavy atom.